The highest BCUT2D eigenvalue weighted by Crippen LogP contribution is 2.21. The topological polar surface area (TPSA) is 12.0 Å². The van der Waals surface area contributed by atoms with Gasteiger partial charge in [-0.1, -0.05) is 52.4 Å². The van der Waals surface area contributed by atoms with Crippen LogP contribution in [-0.4, -0.2) is 12.1 Å². The van der Waals surface area contributed by atoms with E-state index in [2.05, 4.69) is 19.2 Å². The Balaban J connectivity index is 1.99. The van der Waals surface area contributed by atoms with E-state index in [9.17, 15) is 0 Å². The number of nitrogens with one attached hydrogen (secondary N) is 1. The molecule has 0 amide bonds. The van der Waals surface area contributed by atoms with Crippen molar-refractivity contribution in [2.45, 2.75) is 90.1 Å². The molecule has 0 unspecified atom stereocenters. The van der Waals surface area contributed by atoms with Gasteiger partial charge in [0, 0.05) is 12.1 Å². The Hall–Kier alpha value is -0.0400. The maximum absolute atomic E-state index is 3.81. The molecule has 1 fully saturated rings. The summed E-state index contributed by atoms with van der Waals surface area (Å²) >= 11 is 0. The van der Waals surface area contributed by atoms with Gasteiger partial charge in [-0.05, 0) is 25.7 Å². The first-order valence-corrected chi connectivity index (χ1v) is 7.12. The number of hydrogen-bond donors (Lipinski definition) is 1. The maximum atomic E-state index is 3.81. The molecule has 0 aromatic carbocycles. The van der Waals surface area contributed by atoms with Crippen LogP contribution in [0, 0.1) is 0 Å². The van der Waals surface area contributed by atoms with Crippen molar-refractivity contribution in [1.29, 1.82) is 0 Å². The summed E-state index contributed by atoms with van der Waals surface area (Å²) in [7, 11) is 0. The van der Waals surface area contributed by atoms with Gasteiger partial charge in [0.1, 0.15) is 0 Å². The van der Waals surface area contributed by atoms with E-state index in [0.29, 0.717) is 0 Å². The van der Waals surface area contributed by atoms with Crippen LogP contribution in [-0.2, 0) is 0 Å². The minimum atomic E-state index is 0.850. The molecule has 1 nitrogen and oxygen atoms in total. The minimum absolute atomic E-state index is 0.850. The second-order valence-corrected chi connectivity index (χ2v) is 5.13. The van der Waals surface area contributed by atoms with Crippen molar-refractivity contribution in [3.63, 3.8) is 0 Å². The van der Waals surface area contributed by atoms with Crippen molar-refractivity contribution in [1.82, 2.24) is 5.32 Å². The zero-order valence-corrected chi connectivity index (χ0v) is 10.7. The lowest BCUT2D eigenvalue weighted by Crippen LogP contribution is -2.29. The van der Waals surface area contributed by atoms with E-state index in [1.807, 2.05) is 0 Å². The van der Waals surface area contributed by atoms with Gasteiger partial charge in [0.15, 0.2) is 0 Å². The molecule has 1 N–H and O–H groups in total. The molecule has 0 radical (unpaired) electrons. The van der Waals surface area contributed by atoms with E-state index in [1.165, 1.54) is 64.2 Å². The summed E-state index contributed by atoms with van der Waals surface area (Å²) in [5.74, 6) is 0. The minimum Gasteiger partial charge on any atom is -0.311 e. The average molecular weight is 211 g/mol. The molecule has 15 heavy (non-hydrogen) atoms. The van der Waals surface area contributed by atoms with Gasteiger partial charge >= 0.3 is 0 Å². The van der Waals surface area contributed by atoms with Gasteiger partial charge in [0.2, 0.25) is 0 Å². The van der Waals surface area contributed by atoms with Crippen LogP contribution in [0.15, 0.2) is 0 Å². The summed E-state index contributed by atoms with van der Waals surface area (Å²) in [5, 5.41) is 3.81. The fourth-order valence-electron chi connectivity index (χ4n) is 2.64. The molecular weight excluding hydrogens is 182 g/mol. The van der Waals surface area contributed by atoms with Gasteiger partial charge < -0.3 is 5.32 Å². The third-order valence-electron chi connectivity index (χ3n) is 3.65. The molecule has 1 aliphatic rings. The second kappa shape index (κ2) is 8.15. The Bertz CT molecular complexity index is 128. The Kier molecular flexibility index (Phi) is 7.08. The van der Waals surface area contributed by atoms with Crippen molar-refractivity contribution in [2.75, 3.05) is 0 Å². The Morgan fingerprint density at radius 1 is 0.800 bits per heavy atom. The van der Waals surface area contributed by atoms with Crippen molar-refractivity contribution in [3.8, 4) is 0 Å². The summed E-state index contributed by atoms with van der Waals surface area (Å²) in [5.41, 5.74) is 0. The zero-order chi connectivity index (χ0) is 10.9. The van der Waals surface area contributed by atoms with Crippen LogP contribution in [0.4, 0.5) is 0 Å². The summed E-state index contributed by atoms with van der Waals surface area (Å²) < 4.78 is 0. The predicted octanol–water partition coefficient (Wildman–Crippen LogP) is 4.27. The molecule has 0 spiro atoms. The molecule has 1 saturated heterocycles. The Morgan fingerprint density at radius 2 is 1.27 bits per heavy atom. The van der Waals surface area contributed by atoms with Gasteiger partial charge in [-0.2, -0.15) is 0 Å². The number of rotatable bonds is 8. The lowest BCUT2D eigenvalue weighted by atomic mass is 10.1. The largest absolute Gasteiger partial charge is 0.311 e. The molecule has 0 aromatic rings. The van der Waals surface area contributed by atoms with Gasteiger partial charge in [-0.25, -0.2) is 0 Å². The van der Waals surface area contributed by atoms with Crippen LogP contribution in [0.2, 0.25) is 0 Å². The molecule has 0 bridgehead atoms. The van der Waals surface area contributed by atoms with Crippen LogP contribution in [0.1, 0.15) is 78.1 Å². The standard InChI is InChI=1S/C14H29N/c1-3-5-7-9-13-11-12-14(15-13)10-8-6-4-2/h13-15H,3-12H2,1-2H3/t13-,14+. The van der Waals surface area contributed by atoms with Gasteiger partial charge in [-0.15, -0.1) is 0 Å². The number of hydrogen-bond acceptors (Lipinski definition) is 1. The quantitative estimate of drug-likeness (QED) is 0.591. The highest BCUT2D eigenvalue weighted by atomic mass is 15.0. The Morgan fingerprint density at radius 3 is 1.67 bits per heavy atom. The summed E-state index contributed by atoms with van der Waals surface area (Å²) in [4.78, 5) is 0. The third-order valence-corrected chi connectivity index (χ3v) is 3.65. The summed E-state index contributed by atoms with van der Waals surface area (Å²) in [6.07, 6.45) is 14.1. The number of unbranched alkanes of at least 4 members (excludes halogenated alkanes) is 4. The fraction of sp³-hybridized carbons (Fsp3) is 1.00. The Labute approximate surface area is 96.0 Å². The van der Waals surface area contributed by atoms with Crippen LogP contribution >= 0.6 is 0 Å². The van der Waals surface area contributed by atoms with Crippen molar-refractivity contribution >= 4 is 0 Å². The van der Waals surface area contributed by atoms with Crippen LogP contribution < -0.4 is 5.32 Å². The van der Waals surface area contributed by atoms with Crippen molar-refractivity contribution in [3.05, 3.63) is 0 Å². The smallest absolute Gasteiger partial charge is 0.00702 e. The second-order valence-electron chi connectivity index (χ2n) is 5.13. The SMILES string of the molecule is CCCCC[C@@H]1CC[C@H](CCCCC)N1. The molecule has 1 heteroatoms. The van der Waals surface area contributed by atoms with Crippen LogP contribution in [0.3, 0.4) is 0 Å². The first-order valence-electron chi connectivity index (χ1n) is 7.12. The highest BCUT2D eigenvalue weighted by Gasteiger charge is 2.22. The first-order chi connectivity index (χ1) is 7.36. The summed E-state index contributed by atoms with van der Waals surface area (Å²) in [6, 6.07) is 1.70. The predicted molar refractivity (Wildman–Crippen MR) is 68.2 cm³/mol. The molecule has 0 saturated carbocycles. The first kappa shape index (κ1) is 13.0. The molecule has 1 aliphatic heterocycles. The van der Waals surface area contributed by atoms with Gasteiger partial charge in [0.05, 0.1) is 0 Å². The van der Waals surface area contributed by atoms with E-state index in [0.717, 1.165) is 12.1 Å². The zero-order valence-electron chi connectivity index (χ0n) is 10.7. The van der Waals surface area contributed by atoms with E-state index < -0.39 is 0 Å². The maximum Gasteiger partial charge on any atom is 0.00702 e. The van der Waals surface area contributed by atoms with E-state index in [-0.39, 0.29) is 0 Å². The van der Waals surface area contributed by atoms with Crippen molar-refractivity contribution < 1.29 is 0 Å². The average Bonchev–Trinajstić information content (AvgIpc) is 2.67. The van der Waals surface area contributed by atoms with Crippen LogP contribution in [0.5, 0.6) is 0 Å². The molecule has 90 valence electrons. The normalized spacial score (nSPS) is 26.0. The van der Waals surface area contributed by atoms with Crippen molar-refractivity contribution in [2.24, 2.45) is 0 Å². The van der Waals surface area contributed by atoms with E-state index in [4.69, 9.17) is 0 Å². The van der Waals surface area contributed by atoms with Crippen LogP contribution in [0.25, 0.3) is 0 Å². The van der Waals surface area contributed by atoms with E-state index >= 15 is 0 Å². The third kappa shape index (κ3) is 5.55. The molecule has 0 aromatic heterocycles. The van der Waals surface area contributed by atoms with E-state index in [1.54, 1.807) is 0 Å². The molecule has 1 heterocycles. The fourth-order valence-corrected chi connectivity index (χ4v) is 2.64. The highest BCUT2D eigenvalue weighted by molar-refractivity contribution is 4.83. The monoisotopic (exact) mass is 211 g/mol. The van der Waals surface area contributed by atoms with Gasteiger partial charge in [0.25, 0.3) is 0 Å². The molecule has 0 aliphatic carbocycles. The van der Waals surface area contributed by atoms with Gasteiger partial charge in [-0.3, -0.25) is 0 Å². The summed E-state index contributed by atoms with van der Waals surface area (Å²) in [6.45, 7) is 4.57. The molecule has 2 atom stereocenters. The molecule has 1 rings (SSSR count). The lowest BCUT2D eigenvalue weighted by Gasteiger charge is -2.13. The lowest BCUT2D eigenvalue weighted by molar-refractivity contribution is 0.461. The molecular formula is C14H29N.